The lowest BCUT2D eigenvalue weighted by Gasteiger charge is -2.18. The van der Waals surface area contributed by atoms with Crippen molar-refractivity contribution in [3.8, 4) is 5.75 Å². The van der Waals surface area contributed by atoms with Gasteiger partial charge in [-0.1, -0.05) is 11.6 Å². The SMILES string of the molecule is COc1ccc(NC(=O)C(C)n2c(C)nc3scc(C(=O)O)c3c2=O)cc1Cl. The first-order valence-corrected chi connectivity index (χ1v) is 9.38. The molecule has 10 heteroatoms. The number of halogens is 1. The molecule has 0 saturated heterocycles. The minimum atomic E-state index is -1.22. The van der Waals surface area contributed by atoms with Gasteiger partial charge >= 0.3 is 5.97 Å². The van der Waals surface area contributed by atoms with Crippen molar-refractivity contribution in [2.45, 2.75) is 19.9 Å². The number of ether oxygens (including phenoxy) is 1. The molecule has 0 aliphatic rings. The normalized spacial score (nSPS) is 12.0. The van der Waals surface area contributed by atoms with Crippen LogP contribution in [0, 0.1) is 6.92 Å². The number of aromatic nitrogens is 2. The highest BCUT2D eigenvalue weighted by Crippen LogP contribution is 2.28. The molecule has 1 aromatic carbocycles. The summed E-state index contributed by atoms with van der Waals surface area (Å²) in [5.41, 5.74) is -0.262. The largest absolute Gasteiger partial charge is 0.495 e. The highest BCUT2D eigenvalue weighted by atomic mass is 35.5. The molecule has 1 amide bonds. The van der Waals surface area contributed by atoms with Crippen LogP contribution in [0.1, 0.15) is 29.1 Å². The first-order chi connectivity index (χ1) is 13.2. The number of methoxy groups -OCH3 is 1. The first-order valence-electron chi connectivity index (χ1n) is 8.12. The lowest BCUT2D eigenvalue weighted by molar-refractivity contribution is -0.118. The monoisotopic (exact) mass is 421 g/mol. The zero-order chi connectivity index (χ0) is 20.6. The molecule has 3 aromatic rings. The number of thiophene rings is 1. The summed E-state index contributed by atoms with van der Waals surface area (Å²) in [6, 6.07) is 3.84. The Morgan fingerprint density at radius 1 is 1.39 bits per heavy atom. The maximum Gasteiger partial charge on any atom is 0.337 e. The Balaban J connectivity index is 1.98. The van der Waals surface area contributed by atoms with Crippen molar-refractivity contribution < 1.29 is 19.4 Å². The molecule has 0 bridgehead atoms. The molecule has 0 spiro atoms. The lowest BCUT2D eigenvalue weighted by Crippen LogP contribution is -2.34. The number of anilines is 1. The third kappa shape index (κ3) is 3.46. The van der Waals surface area contributed by atoms with Gasteiger partial charge in [0.05, 0.1) is 23.1 Å². The first kappa shape index (κ1) is 19.8. The zero-order valence-corrected chi connectivity index (χ0v) is 16.7. The fraction of sp³-hybridized carbons (Fsp3) is 0.222. The van der Waals surface area contributed by atoms with E-state index in [1.54, 1.807) is 19.1 Å². The van der Waals surface area contributed by atoms with E-state index in [1.807, 2.05) is 0 Å². The Kier molecular flexibility index (Phi) is 5.39. The van der Waals surface area contributed by atoms with Crippen LogP contribution in [0.2, 0.25) is 5.02 Å². The van der Waals surface area contributed by atoms with Crippen molar-refractivity contribution in [1.29, 1.82) is 0 Å². The quantitative estimate of drug-likeness (QED) is 0.653. The van der Waals surface area contributed by atoms with E-state index in [2.05, 4.69) is 10.3 Å². The van der Waals surface area contributed by atoms with Crippen LogP contribution in [0.25, 0.3) is 10.2 Å². The van der Waals surface area contributed by atoms with E-state index in [-0.39, 0.29) is 10.9 Å². The number of aromatic carboxylic acids is 1. The number of rotatable bonds is 5. The molecule has 1 unspecified atom stereocenters. The molecule has 0 fully saturated rings. The predicted molar refractivity (Wildman–Crippen MR) is 107 cm³/mol. The van der Waals surface area contributed by atoms with Gasteiger partial charge in [-0.2, -0.15) is 0 Å². The average Bonchev–Trinajstić information content (AvgIpc) is 3.06. The summed E-state index contributed by atoms with van der Waals surface area (Å²) in [6.45, 7) is 3.13. The fourth-order valence-corrected chi connectivity index (χ4v) is 4.03. The van der Waals surface area contributed by atoms with Crippen molar-refractivity contribution in [3.05, 3.63) is 50.3 Å². The summed E-state index contributed by atoms with van der Waals surface area (Å²) in [7, 11) is 1.48. The summed E-state index contributed by atoms with van der Waals surface area (Å²) >= 11 is 7.14. The maximum absolute atomic E-state index is 12.9. The van der Waals surface area contributed by atoms with Gasteiger partial charge < -0.3 is 15.2 Å². The molecular weight excluding hydrogens is 406 g/mol. The van der Waals surface area contributed by atoms with Crippen LogP contribution in [0.4, 0.5) is 5.69 Å². The van der Waals surface area contributed by atoms with E-state index in [0.29, 0.717) is 27.1 Å². The van der Waals surface area contributed by atoms with E-state index in [0.717, 1.165) is 11.3 Å². The molecular formula is C18H16ClN3O5S. The zero-order valence-electron chi connectivity index (χ0n) is 15.1. The predicted octanol–water partition coefficient (Wildman–Crippen LogP) is 3.33. The van der Waals surface area contributed by atoms with E-state index in [4.69, 9.17) is 16.3 Å². The van der Waals surface area contributed by atoms with Crippen LogP contribution >= 0.6 is 22.9 Å². The van der Waals surface area contributed by atoms with Crippen molar-refractivity contribution in [2.24, 2.45) is 0 Å². The van der Waals surface area contributed by atoms with Crippen LogP contribution in [-0.2, 0) is 4.79 Å². The van der Waals surface area contributed by atoms with Gasteiger partial charge in [0.25, 0.3) is 5.56 Å². The van der Waals surface area contributed by atoms with Crippen LogP contribution in [0.15, 0.2) is 28.4 Å². The molecule has 2 N–H and O–H groups in total. The standard InChI is InChI=1S/C18H16ClN3O5S/c1-8(15(23)21-10-4-5-13(27-3)12(19)6-10)22-9(2)20-16-14(17(22)24)11(7-28-16)18(25)26/h4-8H,1-3H3,(H,21,23)(H,25,26). The molecule has 28 heavy (non-hydrogen) atoms. The van der Waals surface area contributed by atoms with Gasteiger partial charge in [-0.15, -0.1) is 11.3 Å². The lowest BCUT2D eigenvalue weighted by atomic mass is 10.2. The fourth-order valence-electron chi connectivity index (χ4n) is 2.83. The van der Waals surface area contributed by atoms with Crippen molar-refractivity contribution >= 4 is 50.7 Å². The molecule has 3 rings (SSSR count). The second-order valence-corrected chi connectivity index (χ2v) is 7.25. The summed E-state index contributed by atoms with van der Waals surface area (Å²) in [6.07, 6.45) is 0. The van der Waals surface area contributed by atoms with Crippen molar-refractivity contribution in [1.82, 2.24) is 9.55 Å². The van der Waals surface area contributed by atoms with Crippen LogP contribution in [0.3, 0.4) is 0 Å². The number of nitrogens with one attached hydrogen (secondary N) is 1. The molecule has 2 heterocycles. The van der Waals surface area contributed by atoms with Gasteiger partial charge in [-0.3, -0.25) is 14.2 Å². The van der Waals surface area contributed by atoms with E-state index < -0.39 is 23.5 Å². The Morgan fingerprint density at radius 2 is 2.11 bits per heavy atom. The Bertz CT molecular complexity index is 1150. The number of carbonyl (C=O) groups is 2. The highest BCUT2D eigenvalue weighted by Gasteiger charge is 2.24. The molecule has 0 radical (unpaired) electrons. The van der Waals surface area contributed by atoms with E-state index >= 15 is 0 Å². The van der Waals surface area contributed by atoms with E-state index in [9.17, 15) is 19.5 Å². The van der Waals surface area contributed by atoms with Gasteiger partial charge in [-0.25, -0.2) is 9.78 Å². The van der Waals surface area contributed by atoms with E-state index in [1.165, 1.54) is 30.0 Å². The number of nitrogens with zero attached hydrogens (tertiary/aromatic N) is 2. The number of hydrogen-bond donors (Lipinski definition) is 2. The van der Waals surface area contributed by atoms with Crippen molar-refractivity contribution in [3.63, 3.8) is 0 Å². The second-order valence-electron chi connectivity index (χ2n) is 5.98. The van der Waals surface area contributed by atoms with Gasteiger partial charge in [0.15, 0.2) is 0 Å². The van der Waals surface area contributed by atoms with Crippen LogP contribution in [-0.4, -0.2) is 33.6 Å². The van der Waals surface area contributed by atoms with Gasteiger partial charge in [0.2, 0.25) is 5.91 Å². The van der Waals surface area contributed by atoms with Gasteiger partial charge in [0.1, 0.15) is 22.4 Å². The van der Waals surface area contributed by atoms with Crippen LogP contribution < -0.4 is 15.6 Å². The number of aryl methyl sites for hydroxylation is 1. The maximum atomic E-state index is 12.9. The number of benzene rings is 1. The molecule has 2 aromatic heterocycles. The summed E-state index contributed by atoms with van der Waals surface area (Å²) in [5.74, 6) is -0.912. The summed E-state index contributed by atoms with van der Waals surface area (Å²) in [5, 5.41) is 13.7. The highest BCUT2D eigenvalue weighted by molar-refractivity contribution is 7.17. The van der Waals surface area contributed by atoms with Crippen LogP contribution in [0.5, 0.6) is 5.75 Å². The molecule has 0 aliphatic heterocycles. The van der Waals surface area contributed by atoms with Gasteiger partial charge in [0, 0.05) is 11.1 Å². The Labute approximate surface area is 168 Å². The van der Waals surface area contributed by atoms with Crippen molar-refractivity contribution in [2.75, 3.05) is 12.4 Å². The third-order valence-electron chi connectivity index (χ3n) is 4.23. The smallest absolute Gasteiger partial charge is 0.337 e. The molecule has 0 saturated carbocycles. The summed E-state index contributed by atoms with van der Waals surface area (Å²) in [4.78, 5) is 41.6. The molecule has 146 valence electrons. The Morgan fingerprint density at radius 3 is 2.71 bits per heavy atom. The second kappa shape index (κ2) is 7.61. The number of carbonyl (C=O) groups excluding carboxylic acids is 1. The average molecular weight is 422 g/mol. The minimum Gasteiger partial charge on any atom is -0.495 e. The molecule has 8 nitrogen and oxygen atoms in total. The summed E-state index contributed by atoms with van der Waals surface area (Å²) < 4.78 is 6.25. The van der Waals surface area contributed by atoms with Gasteiger partial charge in [-0.05, 0) is 32.0 Å². The Hall–Kier alpha value is -2.91. The topological polar surface area (TPSA) is 111 Å². The number of fused-ring (bicyclic) bond motifs is 1. The number of hydrogen-bond acceptors (Lipinski definition) is 6. The third-order valence-corrected chi connectivity index (χ3v) is 5.40. The minimum absolute atomic E-state index is 0.00441. The molecule has 0 aliphatic carbocycles. The number of carboxylic acids is 1. The molecule has 1 atom stereocenters. The number of carboxylic acid groups (broad SMARTS) is 1. The number of amides is 1.